The minimum Gasteiger partial charge on any atom is -0.494 e. The summed E-state index contributed by atoms with van der Waals surface area (Å²) >= 11 is 0. The zero-order valence-electron chi connectivity index (χ0n) is 16.2. The number of rotatable bonds is 10. The second-order valence-corrected chi connectivity index (χ2v) is 7.21. The van der Waals surface area contributed by atoms with Gasteiger partial charge in [0.05, 0.1) is 6.61 Å². The Morgan fingerprint density at radius 2 is 1.88 bits per heavy atom. The summed E-state index contributed by atoms with van der Waals surface area (Å²) in [6, 6.07) is 7.83. The number of piperidine rings is 1. The minimum atomic E-state index is 0.0135. The van der Waals surface area contributed by atoms with Crippen molar-refractivity contribution in [1.82, 2.24) is 9.80 Å². The Bertz CT molecular complexity index is 599. The SMILES string of the molecule is C=C(CN1CCCCC1)C(=O)/C=C/c1ccc(OCCCN(C)C)cc1. The number of allylic oxidation sites excluding steroid dienone is 1. The quantitative estimate of drug-likeness (QED) is 0.473. The molecule has 0 aliphatic carbocycles. The van der Waals surface area contributed by atoms with Crippen LogP contribution in [0.1, 0.15) is 31.2 Å². The zero-order valence-corrected chi connectivity index (χ0v) is 16.2. The van der Waals surface area contributed by atoms with Crippen LogP contribution in [-0.2, 0) is 4.79 Å². The normalized spacial score (nSPS) is 15.5. The molecule has 0 unspecified atom stereocenters. The van der Waals surface area contributed by atoms with Crippen LogP contribution < -0.4 is 4.74 Å². The van der Waals surface area contributed by atoms with Crippen molar-refractivity contribution in [2.75, 3.05) is 46.9 Å². The molecule has 0 radical (unpaired) electrons. The van der Waals surface area contributed by atoms with E-state index in [2.05, 4.69) is 30.5 Å². The fourth-order valence-corrected chi connectivity index (χ4v) is 3.00. The summed E-state index contributed by atoms with van der Waals surface area (Å²) in [4.78, 5) is 16.7. The van der Waals surface area contributed by atoms with Crippen LogP contribution in [0.3, 0.4) is 0 Å². The highest BCUT2D eigenvalue weighted by Gasteiger charge is 2.13. The van der Waals surface area contributed by atoms with Gasteiger partial charge < -0.3 is 9.64 Å². The van der Waals surface area contributed by atoms with Gasteiger partial charge in [0, 0.05) is 18.7 Å². The molecule has 26 heavy (non-hydrogen) atoms. The maximum absolute atomic E-state index is 12.2. The summed E-state index contributed by atoms with van der Waals surface area (Å²) in [5.74, 6) is 0.876. The first-order chi connectivity index (χ1) is 12.5. The van der Waals surface area contributed by atoms with E-state index in [9.17, 15) is 4.79 Å². The molecule has 0 amide bonds. The molecule has 1 fully saturated rings. The summed E-state index contributed by atoms with van der Waals surface area (Å²) in [5.41, 5.74) is 1.66. The van der Waals surface area contributed by atoms with Crippen LogP contribution in [0, 0.1) is 0 Å². The van der Waals surface area contributed by atoms with E-state index < -0.39 is 0 Å². The number of benzene rings is 1. The number of carbonyl (C=O) groups is 1. The maximum atomic E-state index is 12.2. The standard InChI is InChI=1S/C22H32N2O2/c1-19(18-24-15-5-4-6-16-24)22(25)13-10-20-8-11-21(12-9-20)26-17-7-14-23(2)3/h8-13H,1,4-7,14-18H2,2-3H3/b13-10+. The van der Waals surface area contributed by atoms with Crippen molar-refractivity contribution < 1.29 is 9.53 Å². The average molecular weight is 357 g/mol. The summed E-state index contributed by atoms with van der Waals surface area (Å²) < 4.78 is 5.72. The van der Waals surface area contributed by atoms with Gasteiger partial charge in [0.2, 0.25) is 0 Å². The molecule has 4 nitrogen and oxygen atoms in total. The van der Waals surface area contributed by atoms with E-state index in [1.165, 1.54) is 19.3 Å². The summed E-state index contributed by atoms with van der Waals surface area (Å²) in [6.45, 7) is 8.53. The smallest absolute Gasteiger partial charge is 0.182 e. The molecule has 1 aromatic carbocycles. The number of ether oxygens (including phenoxy) is 1. The van der Waals surface area contributed by atoms with Gasteiger partial charge in [-0.2, -0.15) is 0 Å². The number of nitrogens with zero attached hydrogens (tertiary/aromatic N) is 2. The molecule has 1 saturated heterocycles. The van der Waals surface area contributed by atoms with E-state index in [4.69, 9.17) is 4.74 Å². The Morgan fingerprint density at radius 3 is 2.54 bits per heavy atom. The summed E-state index contributed by atoms with van der Waals surface area (Å²) in [5, 5.41) is 0. The minimum absolute atomic E-state index is 0.0135. The molecule has 0 spiro atoms. The number of carbonyl (C=O) groups excluding carboxylic acids is 1. The first-order valence-corrected chi connectivity index (χ1v) is 9.55. The predicted octanol–water partition coefficient (Wildman–Crippen LogP) is 3.64. The third-order valence-electron chi connectivity index (χ3n) is 4.54. The van der Waals surface area contributed by atoms with Crippen LogP contribution in [0.15, 0.2) is 42.5 Å². The van der Waals surface area contributed by atoms with Gasteiger partial charge in [0.25, 0.3) is 0 Å². The maximum Gasteiger partial charge on any atom is 0.182 e. The molecular formula is C22H32N2O2. The van der Waals surface area contributed by atoms with E-state index >= 15 is 0 Å². The van der Waals surface area contributed by atoms with Gasteiger partial charge in [-0.25, -0.2) is 0 Å². The highest BCUT2D eigenvalue weighted by atomic mass is 16.5. The topological polar surface area (TPSA) is 32.8 Å². The van der Waals surface area contributed by atoms with Gasteiger partial charge in [0.15, 0.2) is 5.78 Å². The van der Waals surface area contributed by atoms with E-state index in [0.29, 0.717) is 18.7 Å². The molecule has 1 aliphatic rings. The highest BCUT2D eigenvalue weighted by Crippen LogP contribution is 2.14. The van der Waals surface area contributed by atoms with Crippen molar-refractivity contribution in [3.05, 3.63) is 48.1 Å². The molecule has 1 aliphatic heterocycles. The van der Waals surface area contributed by atoms with Crippen molar-refractivity contribution in [2.45, 2.75) is 25.7 Å². The zero-order chi connectivity index (χ0) is 18.8. The first kappa shape index (κ1) is 20.4. The molecule has 4 heteroatoms. The molecular weight excluding hydrogens is 324 g/mol. The fourth-order valence-electron chi connectivity index (χ4n) is 3.00. The van der Waals surface area contributed by atoms with E-state index in [-0.39, 0.29) is 5.78 Å². The molecule has 1 heterocycles. The highest BCUT2D eigenvalue weighted by molar-refractivity contribution is 6.06. The van der Waals surface area contributed by atoms with Crippen molar-refractivity contribution >= 4 is 11.9 Å². The Balaban J connectivity index is 1.76. The van der Waals surface area contributed by atoms with Crippen molar-refractivity contribution in [3.63, 3.8) is 0 Å². The second-order valence-electron chi connectivity index (χ2n) is 7.21. The van der Waals surface area contributed by atoms with Crippen molar-refractivity contribution in [2.24, 2.45) is 0 Å². The Morgan fingerprint density at radius 1 is 1.19 bits per heavy atom. The van der Waals surface area contributed by atoms with Crippen LogP contribution >= 0.6 is 0 Å². The molecule has 0 N–H and O–H groups in total. The van der Waals surface area contributed by atoms with Crippen LogP contribution in [0.25, 0.3) is 6.08 Å². The fraction of sp³-hybridized carbons (Fsp3) is 0.500. The predicted molar refractivity (Wildman–Crippen MR) is 109 cm³/mol. The lowest BCUT2D eigenvalue weighted by molar-refractivity contribution is -0.111. The molecule has 1 aromatic rings. The average Bonchev–Trinajstić information content (AvgIpc) is 2.65. The number of hydrogen-bond donors (Lipinski definition) is 0. The van der Waals surface area contributed by atoms with Gasteiger partial charge in [-0.05, 0) is 70.2 Å². The van der Waals surface area contributed by atoms with Crippen molar-refractivity contribution in [3.8, 4) is 5.75 Å². The van der Waals surface area contributed by atoms with Crippen LogP contribution in [0.5, 0.6) is 5.75 Å². The third kappa shape index (κ3) is 7.54. The molecule has 0 aromatic heterocycles. The summed E-state index contributed by atoms with van der Waals surface area (Å²) in [7, 11) is 4.12. The lowest BCUT2D eigenvalue weighted by Gasteiger charge is -2.26. The van der Waals surface area contributed by atoms with Crippen LogP contribution in [-0.4, -0.2) is 62.5 Å². The van der Waals surface area contributed by atoms with Crippen LogP contribution in [0.4, 0.5) is 0 Å². The van der Waals surface area contributed by atoms with E-state index in [1.807, 2.05) is 30.3 Å². The largest absolute Gasteiger partial charge is 0.494 e. The van der Waals surface area contributed by atoms with Gasteiger partial charge in [-0.15, -0.1) is 0 Å². The van der Waals surface area contributed by atoms with Gasteiger partial charge >= 0.3 is 0 Å². The molecule has 0 atom stereocenters. The monoisotopic (exact) mass is 356 g/mol. The molecule has 142 valence electrons. The van der Waals surface area contributed by atoms with Gasteiger partial charge in [-0.1, -0.05) is 31.2 Å². The van der Waals surface area contributed by atoms with E-state index in [0.717, 1.165) is 37.4 Å². The van der Waals surface area contributed by atoms with Crippen molar-refractivity contribution in [1.29, 1.82) is 0 Å². The van der Waals surface area contributed by atoms with E-state index in [1.54, 1.807) is 6.08 Å². The van der Waals surface area contributed by atoms with Gasteiger partial charge in [0.1, 0.15) is 5.75 Å². The Labute approximate surface area is 158 Å². The summed E-state index contributed by atoms with van der Waals surface area (Å²) in [6.07, 6.45) is 8.22. The second kappa shape index (κ2) is 10.9. The molecule has 0 bridgehead atoms. The van der Waals surface area contributed by atoms with Gasteiger partial charge in [-0.3, -0.25) is 9.69 Å². The lowest BCUT2D eigenvalue weighted by atomic mass is 10.1. The number of likely N-dealkylation sites (tertiary alicyclic amines) is 1. The molecule has 2 rings (SSSR count). The molecule has 0 saturated carbocycles. The first-order valence-electron chi connectivity index (χ1n) is 9.55. The lowest BCUT2D eigenvalue weighted by Crippen LogP contribution is -2.32. The third-order valence-corrected chi connectivity index (χ3v) is 4.54. The van der Waals surface area contributed by atoms with Crippen LogP contribution in [0.2, 0.25) is 0 Å². The number of ketones is 1. The Kier molecular flexibility index (Phi) is 8.59. The Hall–Kier alpha value is -1.91. The number of hydrogen-bond acceptors (Lipinski definition) is 4.